The molecule has 0 atom stereocenters. The van der Waals surface area contributed by atoms with Gasteiger partial charge in [-0.3, -0.25) is 0 Å². The second kappa shape index (κ2) is 7.28. The Labute approximate surface area is 117 Å². The Bertz CT molecular complexity index is 470. The summed E-state index contributed by atoms with van der Waals surface area (Å²) in [5.41, 5.74) is 0. The van der Waals surface area contributed by atoms with Gasteiger partial charge in [0, 0.05) is 38.3 Å². The summed E-state index contributed by atoms with van der Waals surface area (Å²) in [6.45, 7) is 3.14. The molecule has 0 spiro atoms. The van der Waals surface area contributed by atoms with Crippen molar-refractivity contribution in [3.05, 3.63) is 35.2 Å². The van der Waals surface area contributed by atoms with E-state index >= 15 is 0 Å². The van der Waals surface area contributed by atoms with Gasteiger partial charge in [0.05, 0.1) is 19.4 Å². The van der Waals surface area contributed by atoms with Crippen LogP contribution in [0.15, 0.2) is 29.0 Å². The van der Waals surface area contributed by atoms with E-state index in [1.54, 1.807) is 24.7 Å². The van der Waals surface area contributed by atoms with Crippen molar-refractivity contribution in [2.24, 2.45) is 0 Å². The zero-order chi connectivity index (χ0) is 13.5. The van der Waals surface area contributed by atoms with Crippen molar-refractivity contribution in [2.45, 2.75) is 13.1 Å². The Hall–Kier alpha value is -1.37. The summed E-state index contributed by atoms with van der Waals surface area (Å²) in [6, 6.07) is 3.87. The Morgan fingerprint density at radius 3 is 3.16 bits per heavy atom. The van der Waals surface area contributed by atoms with Gasteiger partial charge >= 0.3 is 0 Å². The Morgan fingerprint density at radius 1 is 1.53 bits per heavy atom. The van der Waals surface area contributed by atoms with Crippen LogP contribution in [0.2, 0.25) is 0 Å². The van der Waals surface area contributed by atoms with E-state index in [0.717, 1.165) is 37.1 Å². The average molecular weight is 281 g/mol. The predicted molar refractivity (Wildman–Crippen MR) is 76.5 cm³/mol. The molecule has 0 aliphatic carbocycles. The second-order valence-corrected chi connectivity index (χ2v) is 5.31. The number of methoxy groups -OCH3 is 1. The monoisotopic (exact) mass is 281 g/mol. The van der Waals surface area contributed by atoms with Gasteiger partial charge in [0.2, 0.25) is 0 Å². The zero-order valence-corrected chi connectivity index (χ0v) is 12.1. The van der Waals surface area contributed by atoms with Crippen LogP contribution in [0.4, 0.5) is 5.13 Å². The normalized spacial score (nSPS) is 10.8. The van der Waals surface area contributed by atoms with Crippen LogP contribution in [-0.2, 0) is 17.8 Å². The molecule has 2 aromatic heterocycles. The number of nitrogens with one attached hydrogen (secondary N) is 1. The van der Waals surface area contributed by atoms with E-state index in [2.05, 4.69) is 15.2 Å². The van der Waals surface area contributed by atoms with E-state index in [9.17, 15) is 0 Å². The van der Waals surface area contributed by atoms with Gasteiger partial charge in [-0.05, 0) is 12.1 Å². The number of aromatic nitrogens is 1. The van der Waals surface area contributed by atoms with Gasteiger partial charge in [0.25, 0.3) is 0 Å². The lowest BCUT2D eigenvalue weighted by Gasteiger charge is -2.13. The van der Waals surface area contributed by atoms with E-state index in [1.165, 1.54) is 4.88 Å². The van der Waals surface area contributed by atoms with Gasteiger partial charge < -0.3 is 19.4 Å². The zero-order valence-electron chi connectivity index (χ0n) is 11.3. The fourth-order valence-electron chi connectivity index (χ4n) is 1.65. The molecule has 0 saturated carbocycles. The first-order valence-electron chi connectivity index (χ1n) is 6.17. The summed E-state index contributed by atoms with van der Waals surface area (Å²) in [7, 11) is 3.72. The van der Waals surface area contributed by atoms with Gasteiger partial charge in [0.15, 0.2) is 5.13 Å². The van der Waals surface area contributed by atoms with Crippen molar-refractivity contribution in [3.63, 3.8) is 0 Å². The quantitative estimate of drug-likeness (QED) is 0.751. The molecule has 0 aromatic carbocycles. The molecule has 104 valence electrons. The largest absolute Gasteiger partial charge is 0.467 e. The minimum atomic E-state index is 0.726. The molecule has 0 unspecified atom stereocenters. The van der Waals surface area contributed by atoms with Crippen LogP contribution in [-0.4, -0.2) is 32.3 Å². The minimum absolute atomic E-state index is 0.726. The van der Waals surface area contributed by atoms with Crippen molar-refractivity contribution >= 4 is 16.5 Å². The van der Waals surface area contributed by atoms with Crippen LogP contribution >= 0.6 is 11.3 Å². The van der Waals surface area contributed by atoms with E-state index in [4.69, 9.17) is 9.15 Å². The standard InChI is InChI=1S/C13H19N3O2S/c1-16(10-11-4-3-6-18-11)13-15-9-12(19-13)8-14-5-7-17-2/h3-4,6,9,14H,5,7-8,10H2,1-2H3. The maximum absolute atomic E-state index is 5.33. The van der Waals surface area contributed by atoms with E-state index in [1.807, 2.05) is 25.4 Å². The Kier molecular flexibility index (Phi) is 5.38. The molecule has 0 aliphatic heterocycles. The van der Waals surface area contributed by atoms with Crippen molar-refractivity contribution in [2.75, 3.05) is 32.2 Å². The molecule has 0 radical (unpaired) electrons. The highest BCUT2D eigenvalue weighted by Gasteiger charge is 2.08. The molecule has 0 saturated heterocycles. The van der Waals surface area contributed by atoms with Gasteiger partial charge in [0.1, 0.15) is 5.76 Å². The molecule has 0 aliphatic rings. The first-order chi connectivity index (χ1) is 9.29. The Morgan fingerprint density at radius 2 is 2.42 bits per heavy atom. The molecule has 0 fully saturated rings. The van der Waals surface area contributed by atoms with Gasteiger partial charge in [-0.2, -0.15) is 0 Å². The Balaban J connectivity index is 1.82. The maximum atomic E-state index is 5.33. The van der Waals surface area contributed by atoms with Crippen LogP contribution in [0.5, 0.6) is 0 Å². The highest BCUT2D eigenvalue weighted by atomic mass is 32.1. The van der Waals surface area contributed by atoms with Gasteiger partial charge in [-0.25, -0.2) is 4.98 Å². The van der Waals surface area contributed by atoms with Crippen LogP contribution in [0.1, 0.15) is 10.6 Å². The first kappa shape index (κ1) is 14.0. The van der Waals surface area contributed by atoms with Crippen molar-refractivity contribution in [3.8, 4) is 0 Å². The molecule has 2 heterocycles. The third kappa shape index (κ3) is 4.34. The molecule has 5 nitrogen and oxygen atoms in total. The molecule has 0 amide bonds. The molecule has 2 aromatic rings. The summed E-state index contributed by atoms with van der Waals surface area (Å²) in [5.74, 6) is 0.942. The summed E-state index contributed by atoms with van der Waals surface area (Å²) in [5, 5.41) is 4.31. The van der Waals surface area contributed by atoms with Gasteiger partial charge in [-0.1, -0.05) is 0 Å². The van der Waals surface area contributed by atoms with Crippen LogP contribution < -0.4 is 10.2 Å². The third-order valence-electron chi connectivity index (χ3n) is 2.62. The summed E-state index contributed by atoms with van der Waals surface area (Å²) in [4.78, 5) is 7.73. The molecule has 6 heteroatoms. The van der Waals surface area contributed by atoms with Crippen molar-refractivity contribution in [1.82, 2.24) is 10.3 Å². The average Bonchev–Trinajstić information content (AvgIpc) is 3.05. The highest BCUT2D eigenvalue weighted by Crippen LogP contribution is 2.22. The first-order valence-corrected chi connectivity index (χ1v) is 6.99. The van der Waals surface area contributed by atoms with Crippen molar-refractivity contribution in [1.29, 1.82) is 0 Å². The van der Waals surface area contributed by atoms with Crippen LogP contribution in [0, 0.1) is 0 Å². The number of hydrogen-bond donors (Lipinski definition) is 1. The maximum Gasteiger partial charge on any atom is 0.185 e. The number of nitrogens with zero attached hydrogens (tertiary/aromatic N) is 2. The van der Waals surface area contributed by atoms with Crippen molar-refractivity contribution < 1.29 is 9.15 Å². The molecular formula is C13H19N3O2S. The summed E-state index contributed by atoms with van der Waals surface area (Å²) >= 11 is 1.69. The number of anilines is 1. The number of ether oxygens (including phenoxy) is 1. The lowest BCUT2D eigenvalue weighted by Crippen LogP contribution is -2.17. The number of thiazole rings is 1. The van der Waals surface area contributed by atoms with Gasteiger partial charge in [-0.15, -0.1) is 11.3 Å². The summed E-state index contributed by atoms with van der Waals surface area (Å²) < 4.78 is 10.3. The molecule has 19 heavy (non-hydrogen) atoms. The van der Waals surface area contributed by atoms with Crippen LogP contribution in [0.3, 0.4) is 0 Å². The van der Waals surface area contributed by atoms with E-state index in [-0.39, 0.29) is 0 Å². The molecule has 2 rings (SSSR count). The van der Waals surface area contributed by atoms with E-state index in [0.29, 0.717) is 0 Å². The lowest BCUT2D eigenvalue weighted by atomic mass is 10.4. The molecule has 1 N–H and O–H groups in total. The lowest BCUT2D eigenvalue weighted by molar-refractivity contribution is 0.199. The summed E-state index contributed by atoms with van der Waals surface area (Å²) in [6.07, 6.45) is 3.61. The molecule has 0 bridgehead atoms. The number of rotatable bonds is 8. The number of furan rings is 1. The topological polar surface area (TPSA) is 50.5 Å². The third-order valence-corrected chi connectivity index (χ3v) is 3.73. The molecular weight excluding hydrogens is 262 g/mol. The fraction of sp³-hybridized carbons (Fsp3) is 0.462. The minimum Gasteiger partial charge on any atom is -0.467 e. The SMILES string of the molecule is COCCNCc1cnc(N(C)Cc2ccco2)s1. The fourth-order valence-corrected chi connectivity index (χ4v) is 2.49. The second-order valence-electron chi connectivity index (χ2n) is 4.21. The highest BCUT2D eigenvalue weighted by molar-refractivity contribution is 7.15. The predicted octanol–water partition coefficient (Wildman–Crippen LogP) is 2.11. The number of hydrogen-bond acceptors (Lipinski definition) is 6. The smallest absolute Gasteiger partial charge is 0.185 e. The van der Waals surface area contributed by atoms with E-state index < -0.39 is 0 Å². The van der Waals surface area contributed by atoms with Crippen LogP contribution in [0.25, 0.3) is 0 Å².